The Balaban J connectivity index is 2.21. The van der Waals surface area contributed by atoms with Crippen LogP contribution in [0.25, 0.3) is 11.0 Å². The van der Waals surface area contributed by atoms with Gasteiger partial charge in [-0.25, -0.2) is 14.6 Å². The molecule has 3 N–H and O–H groups in total. The Labute approximate surface area is 99.5 Å². The molecule has 0 aromatic carbocycles. The van der Waals surface area contributed by atoms with Crippen molar-refractivity contribution in [1.29, 1.82) is 0 Å². The molecule has 0 saturated carbocycles. The molecule has 0 aliphatic heterocycles. The molecule has 0 bridgehead atoms. The minimum Gasteiger partial charge on any atom is -0.396 e. The van der Waals surface area contributed by atoms with Crippen LogP contribution < -0.4 is 5.73 Å². The zero-order chi connectivity index (χ0) is 12.3. The van der Waals surface area contributed by atoms with Crippen molar-refractivity contribution in [1.82, 2.24) is 19.7 Å². The highest BCUT2D eigenvalue weighted by molar-refractivity contribution is 5.87. The molecule has 0 saturated heterocycles. The van der Waals surface area contributed by atoms with E-state index in [0.717, 1.165) is 42.5 Å². The van der Waals surface area contributed by atoms with Gasteiger partial charge in [0.2, 0.25) is 0 Å². The summed E-state index contributed by atoms with van der Waals surface area (Å²) in [6, 6.07) is 0. The number of fused-ring (bicyclic) bond motifs is 1. The van der Waals surface area contributed by atoms with Crippen LogP contribution in [0.2, 0.25) is 0 Å². The first-order valence-corrected chi connectivity index (χ1v) is 5.78. The Morgan fingerprint density at radius 3 is 2.88 bits per heavy atom. The van der Waals surface area contributed by atoms with Crippen molar-refractivity contribution in [3.8, 4) is 0 Å². The van der Waals surface area contributed by atoms with E-state index >= 15 is 0 Å². The number of aryl methyl sites for hydroxylation is 2. The van der Waals surface area contributed by atoms with E-state index in [1.165, 1.54) is 6.33 Å². The van der Waals surface area contributed by atoms with Gasteiger partial charge in [0, 0.05) is 13.2 Å². The van der Waals surface area contributed by atoms with Gasteiger partial charge in [-0.2, -0.15) is 5.10 Å². The molecule has 0 aliphatic rings. The third-order valence-electron chi connectivity index (χ3n) is 2.76. The van der Waals surface area contributed by atoms with Crippen LogP contribution in [0.4, 0.5) is 5.82 Å². The summed E-state index contributed by atoms with van der Waals surface area (Å²) in [4.78, 5) is 8.19. The minimum atomic E-state index is 0.244. The summed E-state index contributed by atoms with van der Waals surface area (Å²) in [6.45, 7) is 2.95. The first kappa shape index (κ1) is 11.8. The van der Waals surface area contributed by atoms with Gasteiger partial charge in [-0.1, -0.05) is 0 Å². The molecule has 0 fully saturated rings. The summed E-state index contributed by atoms with van der Waals surface area (Å²) in [5.41, 5.74) is 7.46. The molecule has 0 radical (unpaired) electrons. The molecule has 17 heavy (non-hydrogen) atoms. The second-order valence-corrected chi connectivity index (χ2v) is 4.05. The molecule has 2 heterocycles. The van der Waals surface area contributed by atoms with Gasteiger partial charge >= 0.3 is 0 Å². The molecule has 92 valence electrons. The molecule has 2 aromatic rings. The normalized spacial score (nSPS) is 11.2. The third-order valence-corrected chi connectivity index (χ3v) is 2.76. The van der Waals surface area contributed by atoms with Crippen molar-refractivity contribution in [2.75, 3.05) is 12.3 Å². The zero-order valence-corrected chi connectivity index (χ0v) is 9.93. The number of aliphatic hydroxyl groups excluding tert-OH is 1. The van der Waals surface area contributed by atoms with E-state index < -0.39 is 0 Å². The summed E-state index contributed by atoms with van der Waals surface area (Å²) in [5.74, 6) is 0.481. The van der Waals surface area contributed by atoms with Crippen LogP contribution in [0.1, 0.15) is 25.0 Å². The van der Waals surface area contributed by atoms with Gasteiger partial charge in [0.15, 0.2) is 5.65 Å². The predicted octanol–water partition coefficient (Wildman–Crippen LogP) is 0.880. The number of hydrogen-bond donors (Lipinski definition) is 2. The van der Waals surface area contributed by atoms with Crippen molar-refractivity contribution < 1.29 is 5.11 Å². The molecular formula is C11H17N5O. The van der Waals surface area contributed by atoms with Crippen molar-refractivity contribution in [2.45, 2.75) is 32.7 Å². The summed E-state index contributed by atoms with van der Waals surface area (Å²) in [6.07, 6.45) is 4.25. The summed E-state index contributed by atoms with van der Waals surface area (Å²) in [5, 5.41) is 14.0. The lowest BCUT2D eigenvalue weighted by molar-refractivity contribution is 0.281. The highest BCUT2D eigenvalue weighted by Gasteiger charge is 2.11. The Bertz CT molecular complexity index is 508. The van der Waals surface area contributed by atoms with E-state index in [-0.39, 0.29) is 6.61 Å². The zero-order valence-electron chi connectivity index (χ0n) is 9.93. The number of nitrogens with zero attached hydrogens (tertiary/aromatic N) is 4. The molecule has 0 spiro atoms. The maximum absolute atomic E-state index is 8.72. The van der Waals surface area contributed by atoms with Crippen LogP contribution in [0.3, 0.4) is 0 Å². The average molecular weight is 235 g/mol. The van der Waals surface area contributed by atoms with Crippen LogP contribution in [0.15, 0.2) is 6.33 Å². The summed E-state index contributed by atoms with van der Waals surface area (Å²) in [7, 11) is 0. The van der Waals surface area contributed by atoms with Gasteiger partial charge in [0.25, 0.3) is 0 Å². The van der Waals surface area contributed by atoms with Gasteiger partial charge in [-0.05, 0) is 26.2 Å². The molecule has 0 atom stereocenters. The number of anilines is 1. The number of unbranched alkanes of at least 4 members (excludes halogenated alkanes) is 2. The fourth-order valence-electron chi connectivity index (χ4n) is 1.92. The van der Waals surface area contributed by atoms with Crippen molar-refractivity contribution in [2.24, 2.45) is 0 Å². The third kappa shape index (κ3) is 2.36. The predicted molar refractivity (Wildman–Crippen MR) is 65.4 cm³/mol. The maximum atomic E-state index is 8.72. The fourth-order valence-corrected chi connectivity index (χ4v) is 1.92. The Hall–Kier alpha value is -1.69. The highest BCUT2D eigenvalue weighted by atomic mass is 16.2. The molecule has 2 aromatic heterocycles. The van der Waals surface area contributed by atoms with Gasteiger partial charge in [0.05, 0.1) is 11.1 Å². The number of hydrogen-bond acceptors (Lipinski definition) is 5. The van der Waals surface area contributed by atoms with E-state index in [0.29, 0.717) is 5.82 Å². The minimum absolute atomic E-state index is 0.244. The molecular weight excluding hydrogens is 218 g/mol. The van der Waals surface area contributed by atoms with Crippen LogP contribution in [0, 0.1) is 6.92 Å². The van der Waals surface area contributed by atoms with Crippen LogP contribution >= 0.6 is 0 Å². The quantitative estimate of drug-likeness (QED) is 0.751. The number of nitrogen functional groups attached to an aromatic ring is 1. The Morgan fingerprint density at radius 1 is 1.29 bits per heavy atom. The van der Waals surface area contributed by atoms with E-state index in [1.807, 2.05) is 11.6 Å². The Morgan fingerprint density at radius 2 is 2.12 bits per heavy atom. The van der Waals surface area contributed by atoms with Gasteiger partial charge in [-0.3, -0.25) is 0 Å². The fraction of sp³-hybridized carbons (Fsp3) is 0.545. The van der Waals surface area contributed by atoms with Gasteiger partial charge in [-0.15, -0.1) is 0 Å². The monoisotopic (exact) mass is 235 g/mol. The average Bonchev–Trinajstić information content (AvgIpc) is 2.63. The van der Waals surface area contributed by atoms with Gasteiger partial charge < -0.3 is 10.8 Å². The standard InChI is InChI=1S/C11H17N5O/c1-8-9-10(12)13-7-14-11(9)16(15-8)5-3-2-4-6-17/h7,17H,2-6H2,1H3,(H2,12,13,14). The summed E-state index contributed by atoms with van der Waals surface area (Å²) >= 11 is 0. The van der Waals surface area contributed by atoms with E-state index in [1.54, 1.807) is 0 Å². The van der Waals surface area contributed by atoms with E-state index in [9.17, 15) is 0 Å². The highest BCUT2D eigenvalue weighted by Crippen LogP contribution is 2.20. The topological polar surface area (TPSA) is 89.8 Å². The van der Waals surface area contributed by atoms with Crippen LogP contribution in [-0.2, 0) is 6.54 Å². The first-order chi connectivity index (χ1) is 8.24. The van der Waals surface area contributed by atoms with Gasteiger partial charge in [0.1, 0.15) is 12.1 Å². The lowest BCUT2D eigenvalue weighted by Gasteiger charge is -2.02. The number of aromatic nitrogens is 4. The summed E-state index contributed by atoms with van der Waals surface area (Å²) < 4.78 is 1.86. The molecule has 6 nitrogen and oxygen atoms in total. The van der Waals surface area contributed by atoms with Crippen LogP contribution in [-0.4, -0.2) is 31.5 Å². The molecule has 0 unspecified atom stereocenters. The second-order valence-electron chi connectivity index (χ2n) is 4.05. The van der Waals surface area contributed by atoms with E-state index in [4.69, 9.17) is 10.8 Å². The molecule has 2 rings (SSSR count). The SMILES string of the molecule is Cc1nn(CCCCCO)c2ncnc(N)c12. The van der Waals surface area contributed by atoms with Crippen molar-refractivity contribution >= 4 is 16.9 Å². The lowest BCUT2D eigenvalue weighted by atomic mass is 10.2. The lowest BCUT2D eigenvalue weighted by Crippen LogP contribution is -2.02. The molecule has 0 aliphatic carbocycles. The molecule has 0 amide bonds. The second kappa shape index (κ2) is 5.09. The van der Waals surface area contributed by atoms with Crippen molar-refractivity contribution in [3.63, 3.8) is 0 Å². The van der Waals surface area contributed by atoms with Crippen molar-refractivity contribution in [3.05, 3.63) is 12.0 Å². The number of rotatable bonds is 5. The van der Waals surface area contributed by atoms with E-state index in [2.05, 4.69) is 15.1 Å². The Kier molecular flexibility index (Phi) is 3.53. The maximum Gasteiger partial charge on any atom is 0.163 e. The largest absolute Gasteiger partial charge is 0.396 e. The number of nitrogens with two attached hydrogens (primary N) is 1. The molecule has 6 heteroatoms. The first-order valence-electron chi connectivity index (χ1n) is 5.78. The number of aliphatic hydroxyl groups is 1. The van der Waals surface area contributed by atoms with Crippen LogP contribution in [0.5, 0.6) is 0 Å². The smallest absolute Gasteiger partial charge is 0.163 e.